The van der Waals surface area contributed by atoms with Gasteiger partial charge >= 0.3 is 18.4 Å². The Labute approximate surface area is 202 Å². The first-order valence-corrected chi connectivity index (χ1v) is 10.9. The molecule has 9 nitrogen and oxygen atoms in total. The summed E-state index contributed by atoms with van der Waals surface area (Å²) in [5.74, 6) is -0.423. The number of amides is 1. The molecule has 1 aliphatic heterocycles. The Bertz CT molecular complexity index is 1040. The highest BCUT2D eigenvalue weighted by Crippen LogP contribution is 2.31. The van der Waals surface area contributed by atoms with Crippen molar-refractivity contribution in [1.29, 1.82) is 0 Å². The van der Waals surface area contributed by atoms with Gasteiger partial charge in [-0.05, 0) is 31.0 Å². The molecule has 3 rings (SSSR count). The number of alkyl halides is 6. The number of likely N-dealkylation sites (tertiary alicyclic amines) is 1. The second kappa shape index (κ2) is 11.1. The van der Waals surface area contributed by atoms with Crippen molar-refractivity contribution < 1.29 is 35.9 Å². The van der Waals surface area contributed by atoms with E-state index in [-0.39, 0.29) is 36.1 Å². The van der Waals surface area contributed by atoms with Crippen LogP contribution in [0.15, 0.2) is 24.3 Å². The van der Waals surface area contributed by atoms with Crippen LogP contribution in [0.25, 0.3) is 0 Å². The molecule has 1 aromatic heterocycles. The predicted molar refractivity (Wildman–Crippen MR) is 118 cm³/mol. The quantitative estimate of drug-likeness (QED) is 0.510. The van der Waals surface area contributed by atoms with E-state index in [9.17, 15) is 31.1 Å². The largest absolute Gasteiger partial charge is 0.454 e. The zero-order valence-electron chi connectivity index (χ0n) is 19.4. The van der Waals surface area contributed by atoms with Gasteiger partial charge in [-0.25, -0.2) is 0 Å². The Hall–Kier alpha value is -3.36. The molecule has 0 atom stereocenters. The van der Waals surface area contributed by atoms with E-state index in [0.29, 0.717) is 25.9 Å². The monoisotopic (exact) mass is 521 g/mol. The Morgan fingerprint density at radius 2 is 1.75 bits per heavy atom. The minimum Gasteiger partial charge on any atom is -0.454 e. The van der Waals surface area contributed by atoms with Crippen LogP contribution in [0.4, 0.5) is 43.9 Å². The maximum atomic E-state index is 13.0. The van der Waals surface area contributed by atoms with Gasteiger partial charge in [0.15, 0.2) is 6.61 Å². The van der Waals surface area contributed by atoms with Crippen molar-refractivity contribution in [2.75, 3.05) is 51.0 Å². The third-order valence-electron chi connectivity index (χ3n) is 5.20. The number of anilines is 3. The molecule has 2 heterocycles. The van der Waals surface area contributed by atoms with Gasteiger partial charge in [0.2, 0.25) is 17.8 Å². The highest BCUT2D eigenvalue weighted by Gasteiger charge is 2.31. The van der Waals surface area contributed by atoms with Gasteiger partial charge in [-0.15, -0.1) is 0 Å². The number of carbonyl (C=O) groups excluding carboxylic acids is 1. The summed E-state index contributed by atoms with van der Waals surface area (Å²) in [6.07, 6.45) is -8.04. The van der Waals surface area contributed by atoms with Gasteiger partial charge in [0.25, 0.3) is 0 Å². The van der Waals surface area contributed by atoms with E-state index < -0.39 is 30.5 Å². The summed E-state index contributed by atoms with van der Waals surface area (Å²) in [5.41, 5.74) is -0.949. The van der Waals surface area contributed by atoms with E-state index >= 15 is 0 Å². The fourth-order valence-corrected chi connectivity index (χ4v) is 3.34. The lowest BCUT2D eigenvalue weighted by Gasteiger charge is -2.32. The van der Waals surface area contributed by atoms with Gasteiger partial charge in [0, 0.05) is 38.9 Å². The second-order valence-electron chi connectivity index (χ2n) is 8.36. The van der Waals surface area contributed by atoms with Crippen molar-refractivity contribution in [3.05, 3.63) is 29.8 Å². The molecular formula is C21H25F6N7O2. The standard InChI is InChI=1S/C21H25F6N7O2/c1-33(2)16(35)11-34-8-6-14(7-9-34)28-17-30-18(32-19(31-17)36-12-20(22,23)24)29-15-5-3-4-13(10-15)21(25,26)27/h3-5,10,14H,6-9,11-12H2,1-2H3,(H2,28,29,30,31,32). The Kier molecular flexibility index (Phi) is 8.43. The molecule has 0 spiro atoms. The molecule has 0 aliphatic carbocycles. The minimum absolute atomic E-state index is 0.0254. The highest BCUT2D eigenvalue weighted by molar-refractivity contribution is 5.77. The van der Waals surface area contributed by atoms with Gasteiger partial charge in [0.1, 0.15) is 0 Å². The zero-order valence-corrected chi connectivity index (χ0v) is 19.4. The lowest BCUT2D eigenvalue weighted by molar-refractivity contribution is -0.154. The van der Waals surface area contributed by atoms with Crippen molar-refractivity contribution in [1.82, 2.24) is 24.8 Å². The molecule has 0 saturated carbocycles. The van der Waals surface area contributed by atoms with Crippen molar-refractivity contribution in [3.8, 4) is 6.01 Å². The molecule has 15 heteroatoms. The first-order valence-electron chi connectivity index (χ1n) is 10.9. The number of ether oxygens (including phenoxy) is 1. The van der Waals surface area contributed by atoms with Crippen LogP contribution in [0.1, 0.15) is 18.4 Å². The van der Waals surface area contributed by atoms with Crippen molar-refractivity contribution in [2.24, 2.45) is 0 Å². The number of likely N-dealkylation sites (N-methyl/N-ethyl adjacent to an activating group) is 1. The van der Waals surface area contributed by atoms with Crippen molar-refractivity contribution >= 4 is 23.5 Å². The van der Waals surface area contributed by atoms with Crippen LogP contribution >= 0.6 is 0 Å². The van der Waals surface area contributed by atoms with Crippen LogP contribution < -0.4 is 15.4 Å². The number of halogens is 6. The molecule has 2 N–H and O–H groups in total. The maximum Gasteiger partial charge on any atom is 0.422 e. The van der Waals surface area contributed by atoms with Crippen molar-refractivity contribution in [2.45, 2.75) is 31.2 Å². The zero-order chi connectivity index (χ0) is 26.5. The number of nitrogens with zero attached hydrogens (tertiary/aromatic N) is 5. The van der Waals surface area contributed by atoms with E-state index in [4.69, 9.17) is 0 Å². The summed E-state index contributed by atoms with van der Waals surface area (Å²) in [6, 6.07) is 3.39. The van der Waals surface area contributed by atoms with E-state index in [1.54, 1.807) is 14.1 Å². The number of nitrogens with one attached hydrogen (secondary N) is 2. The average Bonchev–Trinajstić information content (AvgIpc) is 2.78. The summed E-state index contributed by atoms with van der Waals surface area (Å²) < 4.78 is 81.6. The van der Waals surface area contributed by atoms with Gasteiger partial charge < -0.3 is 20.3 Å². The molecule has 1 amide bonds. The SMILES string of the molecule is CN(C)C(=O)CN1CCC(Nc2nc(Nc3cccc(C(F)(F)F)c3)nc(OCC(F)(F)F)n2)CC1. The molecule has 36 heavy (non-hydrogen) atoms. The second-order valence-corrected chi connectivity index (χ2v) is 8.36. The maximum absolute atomic E-state index is 13.0. The molecular weight excluding hydrogens is 496 g/mol. The summed E-state index contributed by atoms with van der Waals surface area (Å²) in [6.45, 7) is -0.200. The highest BCUT2D eigenvalue weighted by atomic mass is 19.4. The van der Waals surface area contributed by atoms with Crippen LogP contribution in [0, 0.1) is 0 Å². The van der Waals surface area contributed by atoms with Crippen LogP contribution in [0.5, 0.6) is 6.01 Å². The van der Waals surface area contributed by atoms with E-state index in [0.717, 1.165) is 12.1 Å². The Morgan fingerprint density at radius 1 is 1.08 bits per heavy atom. The Balaban J connectivity index is 1.73. The topological polar surface area (TPSA) is 95.5 Å². The number of piperidine rings is 1. The van der Waals surface area contributed by atoms with Crippen LogP contribution in [-0.4, -0.2) is 83.2 Å². The predicted octanol–water partition coefficient (Wildman–Crippen LogP) is 3.54. The molecule has 1 aliphatic rings. The molecule has 198 valence electrons. The summed E-state index contributed by atoms with van der Waals surface area (Å²) >= 11 is 0. The molecule has 1 fully saturated rings. The van der Waals surface area contributed by atoms with E-state index in [2.05, 4.69) is 30.3 Å². The average molecular weight is 521 g/mol. The first-order chi connectivity index (χ1) is 16.8. The summed E-state index contributed by atoms with van der Waals surface area (Å²) in [4.78, 5) is 27.1. The van der Waals surface area contributed by atoms with Gasteiger partial charge in [-0.2, -0.15) is 41.3 Å². The third kappa shape index (κ3) is 8.39. The van der Waals surface area contributed by atoms with E-state index in [1.165, 1.54) is 17.0 Å². The first kappa shape index (κ1) is 27.2. The third-order valence-corrected chi connectivity index (χ3v) is 5.20. The summed E-state index contributed by atoms with van der Waals surface area (Å²) in [7, 11) is 3.34. The number of benzene rings is 1. The van der Waals surface area contributed by atoms with Crippen LogP contribution in [0.2, 0.25) is 0 Å². The van der Waals surface area contributed by atoms with Crippen molar-refractivity contribution in [3.63, 3.8) is 0 Å². The molecule has 0 unspecified atom stereocenters. The molecule has 1 aromatic carbocycles. The smallest absolute Gasteiger partial charge is 0.422 e. The Morgan fingerprint density at radius 3 is 2.36 bits per heavy atom. The lowest BCUT2D eigenvalue weighted by Crippen LogP contribution is -2.44. The molecule has 0 radical (unpaired) electrons. The normalized spacial score (nSPS) is 15.4. The van der Waals surface area contributed by atoms with Crippen LogP contribution in [-0.2, 0) is 11.0 Å². The summed E-state index contributed by atoms with van der Waals surface area (Å²) in [5, 5.41) is 5.57. The number of hydrogen-bond donors (Lipinski definition) is 2. The molecule has 0 bridgehead atoms. The fourth-order valence-electron chi connectivity index (χ4n) is 3.34. The van der Waals surface area contributed by atoms with E-state index in [1.807, 2.05) is 4.90 Å². The molecule has 2 aromatic rings. The number of hydrogen-bond acceptors (Lipinski definition) is 8. The minimum atomic E-state index is -4.65. The van der Waals surface area contributed by atoms with Gasteiger partial charge in [-0.1, -0.05) is 6.07 Å². The number of rotatable bonds is 8. The number of carbonyl (C=O) groups is 1. The van der Waals surface area contributed by atoms with Crippen LogP contribution in [0.3, 0.4) is 0 Å². The fraction of sp³-hybridized carbons (Fsp3) is 0.524. The molecule has 1 saturated heterocycles. The van der Waals surface area contributed by atoms with Gasteiger partial charge in [-0.3, -0.25) is 9.69 Å². The lowest BCUT2D eigenvalue weighted by atomic mass is 10.1. The van der Waals surface area contributed by atoms with Gasteiger partial charge in [0.05, 0.1) is 12.1 Å². The number of aromatic nitrogens is 3.